The van der Waals surface area contributed by atoms with E-state index in [9.17, 15) is 23.2 Å². The van der Waals surface area contributed by atoms with Gasteiger partial charge in [0.05, 0.1) is 12.6 Å². The first kappa shape index (κ1) is 23.5. The first-order chi connectivity index (χ1) is 15.8. The first-order valence-electron chi connectivity index (χ1n) is 9.54. The van der Waals surface area contributed by atoms with Crippen LogP contribution in [0.25, 0.3) is 0 Å². The molecule has 0 saturated heterocycles. The monoisotopic (exact) mass is 457 g/mol. The smallest absolute Gasteiger partial charge is 0.406 e. The van der Waals surface area contributed by atoms with Crippen LogP contribution in [0.2, 0.25) is 0 Å². The van der Waals surface area contributed by atoms with Gasteiger partial charge >= 0.3 is 6.36 Å². The minimum atomic E-state index is -4.81. The number of anilines is 2. The molecule has 33 heavy (non-hydrogen) atoms. The van der Waals surface area contributed by atoms with Crippen molar-refractivity contribution in [3.8, 4) is 11.8 Å². The average Bonchev–Trinajstić information content (AvgIpc) is 2.78. The van der Waals surface area contributed by atoms with Crippen LogP contribution < -0.4 is 15.4 Å². The van der Waals surface area contributed by atoms with Crippen LogP contribution in [0.15, 0.2) is 60.7 Å². The maximum absolute atomic E-state index is 12.9. The Morgan fingerprint density at radius 1 is 1.12 bits per heavy atom. The van der Waals surface area contributed by atoms with E-state index in [0.717, 1.165) is 12.1 Å². The third-order valence-electron chi connectivity index (χ3n) is 4.26. The molecular formula is C22H18F3N5O3. The van der Waals surface area contributed by atoms with Crippen LogP contribution in [0.5, 0.6) is 5.75 Å². The predicted octanol–water partition coefficient (Wildman–Crippen LogP) is 4.11. The van der Waals surface area contributed by atoms with Crippen molar-refractivity contribution in [1.82, 2.24) is 15.3 Å². The van der Waals surface area contributed by atoms with Gasteiger partial charge in [0.15, 0.2) is 0 Å². The van der Waals surface area contributed by atoms with Crippen LogP contribution in [-0.4, -0.2) is 36.0 Å². The predicted molar refractivity (Wildman–Crippen MR) is 112 cm³/mol. The molecule has 0 aliphatic rings. The number of halogens is 3. The first-order valence-corrected chi connectivity index (χ1v) is 9.54. The SMILES string of the molecule is COCC(NC(=O)c1cc(C#N)nc(Nc2ccccc2)n1)c1ccc(OC(F)(F)F)cc1. The van der Waals surface area contributed by atoms with E-state index < -0.39 is 18.3 Å². The molecule has 1 heterocycles. The van der Waals surface area contributed by atoms with E-state index in [4.69, 9.17) is 4.74 Å². The number of hydrogen-bond acceptors (Lipinski definition) is 7. The van der Waals surface area contributed by atoms with Crippen molar-refractivity contribution in [3.05, 3.63) is 77.6 Å². The van der Waals surface area contributed by atoms with E-state index in [2.05, 4.69) is 25.3 Å². The Morgan fingerprint density at radius 3 is 2.42 bits per heavy atom. The molecular weight excluding hydrogens is 439 g/mol. The molecule has 0 radical (unpaired) electrons. The fourth-order valence-electron chi connectivity index (χ4n) is 2.85. The van der Waals surface area contributed by atoms with Crippen LogP contribution in [-0.2, 0) is 4.74 Å². The summed E-state index contributed by atoms with van der Waals surface area (Å²) < 4.78 is 46.1. The second-order valence-electron chi connectivity index (χ2n) is 6.66. The molecule has 0 bridgehead atoms. The van der Waals surface area contributed by atoms with E-state index in [-0.39, 0.29) is 29.7 Å². The maximum Gasteiger partial charge on any atom is 0.573 e. The zero-order valence-electron chi connectivity index (χ0n) is 17.3. The van der Waals surface area contributed by atoms with Crippen LogP contribution in [0.1, 0.15) is 27.8 Å². The number of ether oxygens (including phenoxy) is 2. The van der Waals surface area contributed by atoms with Gasteiger partial charge in [0.2, 0.25) is 5.95 Å². The van der Waals surface area contributed by atoms with Gasteiger partial charge in [-0.2, -0.15) is 5.26 Å². The standard InChI is InChI=1S/C22H18F3N5O3/c1-32-13-19(14-7-9-17(10-8-14)33-22(23,24)25)29-20(31)18-11-16(12-26)28-21(30-18)27-15-5-3-2-4-6-15/h2-11,19H,13H2,1H3,(H,29,31)(H,27,28,30). The molecule has 8 nitrogen and oxygen atoms in total. The van der Waals surface area contributed by atoms with Gasteiger partial charge in [-0.15, -0.1) is 13.2 Å². The van der Waals surface area contributed by atoms with Gasteiger partial charge in [-0.3, -0.25) is 4.79 Å². The van der Waals surface area contributed by atoms with Gasteiger partial charge in [-0.25, -0.2) is 9.97 Å². The Kier molecular flexibility index (Phi) is 7.42. The molecule has 0 fully saturated rings. The van der Waals surface area contributed by atoms with Crippen molar-refractivity contribution in [2.24, 2.45) is 0 Å². The lowest BCUT2D eigenvalue weighted by atomic mass is 10.1. The van der Waals surface area contributed by atoms with Crippen molar-refractivity contribution < 1.29 is 27.4 Å². The van der Waals surface area contributed by atoms with Gasteiger partial charge in [0.1, 0.15) is 23.2 Å². The summed E-state index contributed by atoms with van der Waals surface area (Å²) in [6.07, 6.45) is -4.81. The minimum Gasteiger partial charge on any atom is -0.406 e. The molecule has 2 aromatic carbocycles. The Bertz CT molecular complexity index is 1130. The zero-order valence-corrected chi connectivity index (χ0v) is 17.3. The van der Waals surface area contributed by atoms with Gasteiger partial charge in [0.25, 0.3) is 5.91 Å². The van der Waals surface area contributed by atoms with E-state index in [1.807, 2.05) is 12.1 Å². The molecule has 2 N–H and O–H groups in total. The van der Waals surface area contributed by atoms with Crippen LogP contribution in [0, 0.1) is 11.3 Å². The molecule has 0 saturated carbocycles. The highest BCUT2D eigenvalue weighted by atomic mass is 19.4. The van der Waals surface area contributed by atoms with Crippen molar-refractivity contribution in [1.29, 1.82) is 5.26 Å². The summed E-state index contributed by atoms with van der Waals surface area (Å²) in [5.41, 5.74) is 1.05. The van der Waals surface area contributed by atoms with Crippen molar-refractivity contribution in [3.63, 3.8) is 0 Å². The summed E-state index contributed by atoms with van der Waals surface area (Å²) in [4.78, 5) is 21.1. The number of para-hydroxylation sites is 1. The van der Waals surface area contributed by atoms with Crippen molar-refractivity contribution >= 4 is 17.5 Å². The Morgan fingerprint density at radius 2 is 1.82 bits per heavy atom. The van der Waals surface area contributed by atoms with E-state index in [0.29, 0.717) is 11.3 Å². The lowest BCUT2D eigenvalue weighted by molar-refractivity contribution is -0.274. The van der Waals surface area contributed by atoms with Crippen molar-refractivity contribution in [2.45, 2.75) is 12.4 Å². The average molecular weight is 457 g/mol. The van der Waals surface area contributed by atoms with Crippen molar-refractivity contribution in [2.75, 3.05) is 19.0 Å². The molecule has 1 unspecified atom stereocenters. The van der Waals surface area contributed by atoms with Crippen LogP contribution in [0.4, 0.5) is 24.8 Å². The second kappa shape index (κ2) is 10.4. The topological polar surface area (TPSA) is 109 Å². The highest BCUT2D eigenvalue weighted by molar-refractivity contribution is 5.93. The number of hydrogen-bond donors (Lipinski definition) is 2. The van der Waals surface area contributed by atoms with E-state index in [1.54, 1.807) is 24.3 Å². The highest BCUT2D eigenvalue weighted by Gasteiger charge is 2.31. The third-order valence-corrected chi connectivity index (χ3v) is 4.26. The van der Waals surface area contributed by atoms with Gasteiger partial charge in [-0.1, -0.05) is 30.3 Å². The number of nitrogens with one attached hydrogen (secondary N) is 2. The molecule has 1 aromatic heterocycles. The summed E-state index contributed by atoms with van der Waals surface area (Å²) >= 11 is 0. The molecule has 1 atom stereocenters. The summed E-state index contributed by atoms with van der Waals surface area (Å²) in [5, 5.41) is 14.9. The van der Waals surface area contributed by atoms with E-state index >= 15 is 0 Å². The number of alkyl halides is 3. The van der Waals surface area contributed by atoms with Gasteiger partial charge in [-0.05, 0) is 29.8 Å². The number of carbonyl (C=O) groups is 1. The second-order valence-corrected chi connectivity index (χ2v) is 6.66. The number of amides is 1. The highest BCUT2D eigenvalue weighted by Crippen LogP contribution is 2.25. The Balaban J connectivity index is 1.80. The van der Waals surface area contributed by atoms with Gasteiger partial charge < -0.3 is 20.1 Å². The number of nitrogens with zero attached hydrogens (tertiary/aromatic N) is 3. The number of aromatic nitrogens is 2. The fraction of sp³-hybridized carbons (Fsp3) is 0.182. The molecule has 170 valence electrons. The largest absolute Gasteiger partial charge is 0.573 e. The minimum absolute atomic E-state index is 0.0227. The number of methoxy groups -OCH3 is 1. The number of rotatable bonds is 8. The normalized spacial score (nSPS) is 11.8. The van der Waals surface area contributed by atoms with Crippen LogP contribution >= 0.6 is 0 Å². The quantitative estimate of drug-likeness (QED) is 0.524. The zero-order chi connectivity index (χ0) is 23.8. The number of nitriles is 1. The molecule has 0 aliphatic carbocycles. The third kappa shape index (κ3) is 6.91. The Hall–Kier alpha value is -4.17. The molecule has 1 amide bonds. The summed E-state index contributed by atoms with van der Waals surface area (Å²) in [5.74, 6) is -0.954. The lowest BCUT2D eigenvalue weighted by Gasteiger charge is -2.19. The molecule has 0 spiro atoms. The summed E-state index contributed by atoms with van der Waals surface area (Å²) in [6.45, 7) is 0.0382. The molecule has 11 heteroatoms. The maximum atomic E-state index is 12.9. The fourth-order valence-corrected chi connectivity index (χ4v) is 2.85. The molecule has 0 aliphatic heterocycles. The molecule has 3 aromatic rings. The van der Waals surface area contributed by atoms with Gasteiger partial charge in [0, 0.05) is 18.9 Å². The number of benzene rings is 2. The summed E-state index contributed by atoms with van der Waals surface area (Å²) in [7, 11) is 1.42. The van der Waals surface area contributed by atoms with Crippen LogP contribution in [0.3, 0.4) is 0 Å². The lowest BCUT2D eigenvalue weighted by Crippen LogP contribution is -2.32. The Labute approximate surface area is 187 Å². The van der Waals surface area contributed by atoms with E-state index in [1.165, 1.54) is 25.3 Å². The summed E-state index contributed by atoms with van der Waals surface area (Å²) in [6, 6.07) is 16.4. The number of carbonyl (C=O) groups excluding carboxylic acids is 1. The molecule has 3 rings (SSSR count).